The standard InChI is InChI=1S/C4H13N3.4C2H4O2.Fe/c5-1-3-7-4-2-6;4*1-2(3)4;/h7H,1-6H2;4*1H3,(H,3,4);/q;;;;;+3/p-3. The number of nitrogens with one attached hydrogen (secondary N) is 1. The second-order valence-electron chi connectivity index (χ2n) is 3.32. The SMILES string of the molecule is CC(=O)O.CC(=O)[O-].CC(=O)[O-].CC(=O)[O-].NCCNCCN.[Fe+3]. The van der Waals surface area contributed by atoms with Crippen LogP contribution in [0.5, 0.6) is 0 Å². The Labute approximate surface area is 151 Å². The largest absolute Gasteiger partial charge is 3.00 e. The first-order valence-corrected chi connectivity index (χ1v) is 6.18. The van der Waals surface area contributed by atoms with Crippen LogP contribution in [-0.2, 0) is 36.2 Å². The quantitative estimate of drug-likeness (QED) is 0.260. The molecule has 0 aromatic heterocycles. The molecule has 0 heterocycles. The Hall–Kier alpha value is -1.72. The molecule has 6 N–H and O–H groups in total. The van der Waals surface area contributed by atoms with Gasteiger partial charge in [0.2, 0.25) is 0 Å². The van der Waals surface area contributed by atoms with Crippen LogP contribution >= 0.6 is 0 Å². The predicted octanol–water partition coefficient (Wildman–Crippen LogP) is -5.15. The summed E-state index contributed by atoms with van der Waals surface area (Å²) in [7, 11) is 0. The van der Waals surface area contributed by atoms with E-state index in [-0.39, 0.29) is 17.1 Å². The van der Waals surface area contributed by atoms with Gasteiger partial charge in [0, 0.05) is 51.0 Å². The molecule has 0 amide bonds. The first-order valence-electron chi connectivity index (χ1n) is 6.18. The van der Waals surface area contributed by atoms with E-state index >= 15 is 0 Å². The van der Waals surface area contributed by atoms with E-state index in [1.54, 1.807) is 0 Å². The van der Waals surface area contributed by atoms with Gasteiger partial charge in [0.25, 0.3) is 5.97 Å². The minimum absolute atomic E-state index is 0. The zero-order chi connectivity index (χ0) is 19.8. The molecule has 1 radical (unpaired) electrons. The van der Waals surface area contributed by atoms with Crippen LogP contribution in [0.4, 0.5) is 0 Å². The molecule has 0 fully saturated rings. The molecule has 0 aliphatic carbocycles. The maximum absolute atomic E-state index is 9.00. The van der Waals surface area contributed by atoms with E-state index < -0.39 is 23.9 Å². The van der Waals surface area contributed by atoms with Gasteiger partial charge in [-0.05, 0) is 20.8 Å². The number of hydrogen-bond donors (Lipinski definition) is 4. The Balaban J connectivity index is -0.0000000429. The smallest absolute Gasteiger partial charge is 0.550 e. The second kappa shape index (κ2) is 37.5. The molecule has 24 heavy (non-hydrogen) atoms. The maximum atomic E-state index is 9.00. The first kappa shape index (κ1) is 38.1. The van der Waals surface area contributed by atoms with Crippen LogP contribution in [-0.4, -0.2) is 55.2 Å². The first-order chi connectivity index (χ1) is 10.3. The van der Waals surface area contributed by atoms with E-state index in [1.165, 1.54) is 0 Å². The average Bonchev–Trinajstić information content (AvgIpc) is 2.26. The summed E-state index contributed by atoms with van der Waals surface area (Å²) in [5.41, 5.74) is 10.3. The van der Waals surface area contributed by atoms with Gasteiger partial charge in [0.05, 0.1) is 0 Å². The van der Waals surface area contributed by atoms with Crippen LogP contribution in [0.1, 0.15) is 27.7 Å². The number of rotatable bonds is 4. The van der Waals surface area contributed by atoms with Gasteiger partial charge in [-0.2, -0.15) is 0 Å². The van der Waals surface area contributed by atoms with Gasteiger partial charge in [-0.25, -0.2) is 0 Å². The van der Waals surface area contributed by atoms with E-state index in [1.807, 2.05) is 0 Å². The monoisotopic (exact) mass is 396 g/mol. The van der Waals surface area contributed by atoms with Crippen LogP contribution < -0.4 is 32.1 Å². The average molecular weight is 396 g/mol. The molecule has 0 saturated heterocycles. The number of hydrogen-bond acceptors (Lipinski definition) is 10. The second-order valence-corrected chi connectivity index (χ2v) is 3.32. The summed E-state index contributed by atoms with van der Waals surface area (Å²) < 4.78 is 0. The molecule has 0 spiro atoms. The van der Waals surface area contributed by atoms with Crippen molar-refractivity contribution in [1.29, 1.82) is 0 Å². The summed E-state index contributed by atoms with van der Waals surface area (Å²) in [5, 5.41) is 37.1. The normalized spacial score (nSPS) is 6.92. The zero-order valence-corrected chi connectivity index (χ0v) is 15.2. The van der Waals surface area contributed by atoms with Gasteiger partial charge >= 0.3 is 17.1 Å². The van der Waals surface area contributed by atoms with Crippen molar-refractivity contribution < 1.29 is 56.7 Å². The molecule has 0 bridgehead atoms. The van der Waals surface area contributed by atoms with Gasteiger partial charge in [-0.3, -0.25) is 4.79 Å². The third-order valence-corrected chi connectivity index (χ3v) is 0.642. The molecule has 11 nitrogen and oxygen atoms in total. The van der Waals surface area contributed by atoms with Crippen molar-refractivity contribution in [2.75, 3.05) is 26.2 Å². The number of carboxylic acid groups (broad SMARTS) is 4. The number of aliphatic carboxylic acids is 4. The van der Waals surface area contributed by atoms with Crippen LogP contribution in [0, 0.1) is 0 Å². The van der Waals surface area contributed by atoms with E-state index in [2.05, 4.69) is 5.32 Å². The summed E-state index contributed by atoms with van der Waals surface area (Å²) in [5.74, 6) is -4.08. The van der Waals surface area contributed by atoms with Crippen LogP contribution in [0.15, 0.2) is 0 Å². The Morgan fingerprint density at radius 3 is 1.00 bits per heavy atom. The maximum Gasteiger partial charge on any atom is 3.00 e. The third kappa shape index (κ3) is 1450. The molecule has 145 valence electrons. The van der Waals surface area contributed by atoms with Crippen molar-refractivity contribution in [1.82, 2.24) is 5.32 Å². The fourth-order valence-electron chi connectivity index (χ4n) is 0.329. The third-order valence-electron chi connectivity index (χ3n) is 0.642. The number of carbonyl (C=O) groups excluding carboxylic acids is 3. The van der Waals surface area contributed by atoms with Crippen molar-refractivity contribution in [2.45, 2.75) is 27.7 Å². The van der Waals surface area contributed by atoms with Gasteiger partial charge in [-0.1, -0.05) is 0 Å². The van der Waals surface area contributed by atoms with Crippen molar-refractivity contribution in [3.8, 4) is 0 Å². The van der Waals surface area contributed by atoms with Crippen molar-refractivity contribution >= 4 is 23.9 Å². The van der Waals surface area contributed by atoms with Crippen molar-refractivity contribution in [2.24, 2.45) is 11.5 Å². The van der Waals surface area contributed by atoms with Gasteiger partial charge in [0.1, 0.15) is 0 Å². The Morgan fingerprint density at radius 1 is 0.792 bits per heavy atom. The summed E-state index contributed by atoms with van der Waals surface area (Å²) in [4.78, 5) is 35.7. The molecular weight excluding hydrogens is 370 g/mol. The Morgan fingerprint density at radius 2 is 0.917 bits per heavy atom. The summed E-state index contributed by atoms with van der Waals surface area (Å²) in [6.07, 6.45) is 0. The molecule has 0 rings (SSSR count). The number of carboxylic acids is 4. The van der Waals surface area contributed by atoms with Gasteiger partial charge < -0.3 is 51.6 Å². The van der Waals surface area contributed by atoms with Crippen molar-refractivity contribution in [3.63, 3.8) is 0 Å². The summed E-state index contributed by atoms with van der Waals surface area (Å²) in [6.45, 7) is 7.13. The van der Waals surface area contributed by atoms with E-state index in [4.69, 9.17) is 51.1 Å². The zero-order valence-electron chi connectivity index (χ0n) is 14.1. The summed E-state index contributed by atoms with van der Waals surface area (Å²) >= 11 is 0. The summed E-state index contributed by atoms with van der Waals surface area (Å²) in [6, 6.07) is 0. The molecule has 0 atom stereocenters. The molecule has 0 aliphatic heterocycles. The van der Waals surface area contributed by atoms with E-state index in [9.17, 15) is 0 Å². The van der Waals surface area contributed by atoms with Crippen molar-refractivity contribution in [3.05, 3.63) is 0 Å². The number of nitrogens with two attached hydrogens (primary N) is 2. The molecule has 0 aromatic rings. The van der Waals surface area contributed by atoms with Gasteiger partial charge in [0.15, 0.2) is 0 Å². The minimum atomic E-state index is -1.08. The van der Waals surface area contributed by atoms with Crippen LogP contribution in [0.25, 0.3) is 0 Å². The Kier molecular flexibility index (Phi) is 59.5. The molecule has 12 heteroatoms. The minimum Gasteiger partial charge on any atom is -0.550 e. The van der Waals surface area contributed by atoms with Gasteiger partial charge in [-0.15, -0.1) is 0 Å². The van der Waals surface area contributed by atoms with Crippen LogP contribution in [0.3, 0.4) is 0 Å². The predicted molar refractivity (Wildman–Crippen MR) is 76.3 cm³/mol. The van der Waals surface area contributed by atoms with E-state index in [0.29, 0.717) is 13.1 Å². The molecule has 0 aromatic carbocycles. The molecule has 0 unspecified atom stereocenters. The fourth-order valence-corrected chi connectivity index (χ4v) is 0.329. The van der Waals surface area contributed by atoms with Crippen LogP contribution in [0.2, 0.25) is 0 Å². The molecular formula is C12H26FeN3O8. The molecule has 0 saturated carbocycles. The Bertz CT molecular complexity index is 236. The fraction of sp³-hybridized carbons (Fsp3) is 0.667. The topological polar surface area (TPSA) is 222 Å². The number of carbonyl (C=O) groups is 4. The molecule has 0 aliphatic rings. The van der Waals surface area contributed by atoms with E-state index in [0.717, 1.165) is 40.8 Å².